The third kappa shape index (κ3) is 5.37. The maximum absolute atomic E-state index is 15.4. The lowest BCUT2D eigenvalue weighted by Crippen LogP contribution is -2.38. The minimum Gasteiger partial charge on any atom is -0.478 e. The largest absolute Gasteiger partial charge is 0.478 e. The lowest BCUT2D eigenvalue weighted by Gasteiger charge is -2.40. The van der Waals surface area contributed by atoms with E-state index in [4.69, 9.17) is 30.8 Å². The number of carbonyl (C=O) groups is 1. The number of fused-ring (bicyclic) bond motifs is 2. The SMILES string of the molecule is O=C(O)c1ccc2nc(CN3CCC(C4OC(c5ccc(Cl)cc5F)Oc5ccccc54)CC3)n(C[C@@H]3CCO3)c2c1F. The molecule has 0 radical (unpaired) electrons. The second kappa shape index (κ2) is 11.5. The van der Waals surface area contributed by atoms with Crippen LogP contribution in [0.3, 0.4) is 0 Å². The fourth-order valence-corrected chi connectivity index (χ4v) is 6.48. The van der Waals surface area contributed by atoms with Gasteiger partial charge >= 0.3 is 5.97 Å². The summed E-state index contributed by atoms with van der Waals surface area (Å²) in [6, 6.07) is 15.0. The van der Waals surface area contributed by atoms with Crippen LogP contribution in [0.5, 0.6) is 5.75 Å². The molecule has 4 aromatic rings. The molecule has 3 atom stereocenters. The average Bonchev–Trinajstić information content (AvgIpc) is 3.32. The van der Waals surface area contributed by atoms with Gasteiger partial charge in [0.05, 0.1) is 41.9 Å². The fourth-order valence-electron chi connectivity index (χ4n) is 6.33. The highest BCUT2D eigenvalue weighted by molar-refractivity contribution is 6.30. The number of para-hydroxylation sites is 1. The summed E-state index contributed by atoms with van der Waals surface area (Å²) in [4.78, 5) is 18.6. The summed E-state index contributed by atoms with van der Waals surface area (Å²) in [7, 11) is 0. The summed E-state index contributed by atoms with van der Waals surface area (Å²) >= 11 is 5.97. The highest BCUT2D eigenvalue weighted by Crippen LogP contribution is 2.46. The first-order valence-corrected chi connectivity index (χ1v) is 14.8. The van der Waals surface area contributed by atoms with E-state index in [-0.39, 0.29) is 29.2 Å². The summed E-state index contributed by atoms with van der Waals surface area (Å²) in [5, 5.41) is 9.78. The third-order valence-electron chi connectivity index (χ3n) is 8.71. The first kappa shape index (κ1) is 28.2. The average molecular weight is 610 g/mol. The van der Waals surface area contributed by atoms with Crippen LogP contribution in [0.25, 0.3) is 11.0 Å². The molecule has 11 heteroatoms. The number of halogens is 3. The molecule has 2 fully saturated rings. The Kier molecular flexibility index (Phi) is 7.54. The number of carboxylic acid groups (broad SMARTS) is 1. The van der Waals surface area contributed by atoms with E-state index in [2.05, 4.69) is 4.90 Å². The Bertz CT molecular complexity index is 1690. The zero-order valence-corrected chi connectivity index (χ0v) is 24.0. The molecular formula is C32H30ClF2N3O5. The summed E-state index contributed by atoms with van der Waals surface area (Å²) in [6.45, 7) is 3.06. The molecule has 0 amide bonds. The Labute approximate surface area is 251 Å². The van der Waals surface area contributed by atoms with Crippen molar-refractivity contribution < 1.29 is 32.9 Å². The molecule has 0 spiro atoms. The van der Waals surface area contributed by atoms with Gasteiger partial charge in [0, 0.05) is 17.2 Å². The Morgan fingerprint density at radius 1 is 1.05 bits per heavy atom. The first-order valence-electron chi connectivity index (χ1n) is 14.5. The predicted molar refractivity (Wildman–Crippen MR) is 154 cm³/mol. The second-order valence-corrected chi connectivity index (χ2v) is 11.8. The van der Waals surface area contributed by atoms with Gasteiger partial charge in [0.2, 0.25) is 6.29 Å². The van der Waals surface area contributed by atoms with Gasteiger partial charge in [-0.3, -0.25) is 4.90 Å². The molecule has 224 valence electrons. The molecule has 0 bridgehead atoms. The highest BCUT2D eigenvalue weighted by atomic mass is 35.5. The van der Waals surface area contributed by atoms with Crippen LogP contribution < -0.4 is 4.74 Å². The van der Waals surface area contributed by atoms with Crippen LogP contribution in [0.15, 0.2) is 54.6 Å². The number of hydrogen-bond donors (Lipinski definition) is 1. The van der Waals surface area contributed by atoms with E-state index in [1.807, 2.05) is 24.3 Å². The molecule has 3 aliphatic rings. The molecule has 1 aromatic heterocycles. The van der Waals surface area contributed by atoms with Crippen molar-refractivity contribution in [2.45, 2.75) is 50.8 Å². The van der Waals surface area contributed by atoms with E-state index >= 15 is 4.39 Å². The maximum Gasteiger partial charge on any atom is 0.338 e. The molecule has 0 saturated carbocycles. The topological polar surface area (TPSA) is 86.0 Å². The van der Waals surface area contributed by atoms with Gasteiger partial charge in [-0.05, 0) is 74.7 Å². The van der Waals surface area contributed by atoms with Gasteiger partial charge in [-0.15, -0.1) is 0 Å². The molecule has 3 aromatic carbocycles. The number of benzene rings is 3. The monoisotopic (exact) mass is 609 g/mol. The predicted octanol–water partition coefficient (Wildman–Crippen LogP) is 6.52. The van der Waals surface area contributed by atoms with E-state index in [1.165, 1.54) is 12.1 Å². The van der Waals surface area contributed by atoms with Crippen LogP contribution in [0, 0.1) is 17.6 Å². The minimum atomic E-state index is -1.31. The number of rotatable bonds is 7. The Morgan fingerprint density at radius 3 is 2.56 bits per heavy atom. The van der Waals surface area contributed by atoms with Gasteiger partial charge in [0.15, 0.2) is 5.82 Å². The normalized spacial score (nSPS) is 22.6. The van der Waals surface area contributed by atoms with Crippen molar-refractivity contribution in [3.63, 3.8) is 0 Å². The Morgan fingerprint density at radius 2 is 1.84 bits per heavy atom. The van der Waals surface area contributed by atoms with Crippen LogP contribution in [-0.2, 0) is 22.6 Å². The summed E-state index contributed by atoms with van der Waals surface area (Å²) in [6.07, 6.45) is 1.26. The number of likely N-dealkylation sites (tertiary alicyclic amines) is 1. The number of hydrogen-bond acceptors (Lipinski definition) is 6. The van der Waals surface area contributed by atoms with Gasteiger partial charge in [-0.2, -0.15) is 0 Å². The summed E-state index contributed by atoms with van der Waals surface area (Å²) in [5.41, 5.74) is 1.50. The van der Waals surface area contributed by atoms with Crippen molar-refractivity contribution in [1.29, 1.82) is 0 Å². The first-order chi connectivity index (χ1) is 20.9. The Hall–Kier alpha value is -3.57. The molecule has 3 aliphatic heterocycles. The lowest BCUT2D eigenvalue weighted by atomic mass is 9.86. The van der Waals surface area contributed by atoms with Crippen molar-refractivity contribution in [2.24, 2.45) is 5.92 Å². The van der Waals surface area contributed by atoms with Crippen molar-refractivity contribution >= 4 is 28.6 Å². The molecule has 2 unspecified atom stereocenters. The maximum atomic E-state index is 15.4. The van der Waals surface area contributed by atoms with Gasteiger partial charge < -0.3 is 23.9 Å². The number of aromatic nitrogens is 2. The second-order valence-electron chi connectivity index (χ2n) is 11.3. The van der Waals surface area contributed by atoms with Crippen LogP contribution in [0.1, 0.15) is 59.0 Å². The molecule has 0 aliphatic carbocycles. The minimum absolute atomic E-state index is 0.0565. The molecule has 2 saturated heterocycles. The van der Waals surface area contributed by atoms with E-state index in [1.54, 1.807) is 22.8 Å². The zero-order valence-electron chi connectivity index (χ0n) is 23.2. The summed E-state index contributed by atoms with van der Waals surface area (Å²) < 4.78 is 50.1. The lowest BCUT2D eigenvalue weighted by molar-refractivity contribution is -0.168. The smallest absolute Gasteiger partial charge is 0.338 e. The standard InChI is InChI=1S/C32H30ClF2N3O5/c33-19-5-6-21(24(34)15-19)32-42-26-4-2-1-3-22(26)30(43-32)18-9-12-37(13-10-18)17-27-36-25-8-7-23(31(39)40)28(35)29(25)38(27)16-20-11-14-41-20/h1-8,15,18,20,30,32H,9-14,16-17H2,(H,39,40)/t20-,30?,32?/m0/s1. The van der Waals surface area contributed by atoms with E-state index < -0.39 is 23.9 Å². The van der Waals surface area contributed by atoms with Crippen molar-refractivity contribution in [3.8, 4) is 5.75 Å². The molecule has 4 heterocycles. The molecule has 8 nitrogen and oxygen atoms in total. The molecule has 1 N–H and O–H groups in total. The van der Waals surface area contributed by atoms with Crippen LogP contribution in [0.4, 0.5) is 8.78 Å². The Balaban J connectivity index is 1.10. The van der Waals surface area contributed by atoms with Crippen LogP contribution in [-0.4, -0.2) is 51.3 Å². The molecular weight excluding hydrogens is 580 g/mol. The van der Waals surface area contributed by atoms with Crippen molar-refractivity contribution in [1.82, 2.24) is 14.5 Å². The van der Waals surface area contributed by atoms with Gasteiger partial charge in [-0.1, -0.05) is 29.8 Å². The van der Waals surface area contributed by atoms with Crippen molar-refractivity contribution in [2.75, 3.05) is 19.7 Å². The number of imidazole rings is 1. The van der Waals surface area contributed by atoms with Crippen molar-refractivity contribution in [3.05, 3.63) is 93.8 Å². The van der Waals surface area contributed by atoms with Gasteiger partial charge in [0.25, 0.3) is 0 Å². The third-order valence-corrected chi connectivity index (χ3v) is 8.94. The van der Waals surface area contributed by atoms with E-state index in [9.17, 15) is 14.3 Å². The zero-order chi connectivity index (χ0) is 29.7. The molecule has 7 rings (SSSR count). The number of carboxylic acids is 1. The fraction of sp³-hybridized carbons (Fsp3) is 0.375. The summed E-state index contributed by atoms with van der Waals surface area (Å²) in [5.74, 6) is -1.05. The van der Waals surface area contributed by atoms with E-state index in [0.717, 1.165) is 37.9 Å². The van der Waals surface area contributed by atoms with Crippen LogP contribution >= 0.6 is 11.6 Å². The number of ether oxygens (including phenoxy) is 3. The van der Waals surface area contributed by atoms with Gasteiger partial charge in [0.1, 0.15) is 22.9 Å². The molecule has 43 heavy (non-hydrogen) atoms. The van der Waals surface area contributed by atoms with E-state index in [0.29, 0.717) is 47.4 Å². The van der Waals surface area contributed by atoms with Crippen LogP contribution in [0.2, 0.25) is 5.02 Å². The number of aromatic carboxylic acids is 1. The number of piperidine rings is 1. The highest BCUT2D eigenvalue weighted by Gasteiger charge is 2.38. The number of nitrogens with zero attached hydrogens (tertiary/aromatic N) is 3. The quantitative estimate of drug-likeness (QED) is 0.255. The van der Waals surface area contributed by atoms with Gasteiger partial charge in [-0.25, -0.2) is 18.6 Å².